The number of esters is 1. The maximum Gasteiger partial charge on any atom is 0.310 e. The second-order valence-electron chi connectivity index (χ2n) is 4.84. The summed E-state index contributed by atoms with van der Waals surface area (Å²) < 4.78 is 4.84. The molecule has 1 heterocycles. The number of nitrogens with zero attached hydrogens (tertiary/aromatic N) is 2. The molecule has 6 heteroatoms. The molecule has 0 bridgehead atoms. The van der Waals surface area contributed by atoms with Gasteiger partial charge < -0.3 is 15.0 Å². The molecule has 1 fully saturated rings. The Labute approximate surface area is 133 Å². The number of hydrogen-bond donors (Lipinski definition) is 1. The SMILES string of the molecule is CCCCNC(=NC)N1CC(C)C(C(=O)OC)C1.I. The summed E-state index contributed by atoms with van der Waals surface area (Å²) in [4.78, 5) is 18.0. The van der Waals surface area contributed by atoms with E-state index in [0.29, 0.717) is 12.5 Å². The highest BCUT2D eigenvalue weighted by Gasteiger charge is 2.36. The third kappa shape index (κ3) is 5.16. The van der Waals surface area contributed by atoms with E-state index >= 15 is 0 Å². The van der Waals surface area contributed by atoms with Crippen LogP contribution in [0.2, 0.25) is 0 Å². The topological polar surface area (TPSA) is 53.9 Å². The van der Waals surface area contributed by atoms with Gasteiger partial charge in [0.05, 0.1) is 13.0 Å². The molecule has 1 rings (SSSR count). The van der Waals surface area contributed by atoms with E-state index in [1.54, 1.807) is 7.05 Å². The Bertz CT molecular complexity index is 310. The Hall–Kier alpha value is -0.530. The quantitative estimate of drug-likeness (QED) is 0.264. The van der Waals surface area contributed by atoms with Crippen LogP contribution >= 0.6 is 24.0 Å². The van der Waals surface area contributed by atoms with Gasteiger partial charge in [-0.1, -0.05) is 20.3 Å². The molecule has 1 aliphatic heterocycles. The van der Waals surface area contributed by atoms with Gasteiger partial charge in [0.15, 0.2) is 5.96 Å². The van der Waals surface area contributed by atoms with Crippen LogP contribution in [0.4, 0.5) is 0 Å². The van der Waals surface area contributed by atoms with Gasteiger partial charge in [-0.05, 0) is 12.3 Å². The van der Waals surface area contributed by atoms with Gasteiger partial charge in [0.2, 0.25) is 0 Å². The summed E-state index contributed by atoms with van der Waals surface area (Å²) in [5, 5.41) is 3.33. The van der Waals surface area contributed by atoms with Crippen molar-refractivity contribution in [3.63, 3.8) is 0 Å². The first-order valence-corrected chi connectivity index (χ1v) is 6.67. The fraction of sp³-hybridized carbons (Fsp3) is 0.846. The second kappa shape index (κ2) is 9.39. The number of nitrogens with one attached hydrogen (secondary N) is 1. The zero-order chi connectivity index (χ0) is 13.5. The maximum absolute atomic E-state index is 11.6. The van der Waals surface area contributed by atoms with Crippen LogP contribution in [0.3, 0.4) is 0 Å². The molecule has 0 aromatic heterocycles. The molecular weight excluding hydrogens is 357 g/mol. The number of likely N-dealkylation sites (tertiary alicyclic amines) is 1. The predicted octanol–water partition coefficient (Wildman–Crippen LogP) is 1.72. The molecule has 0 aromatic rings. The van der Waals surface area contributed by atoms with Crippen molar-refractivity contribution in [2.24, 2.45) is 16.8 Å². The van der Waals surface area contributed by atoms with Gasteiger partial charge in [-0.2, -0.15) is 0 Å². The third-order valence-electron chi connectivity index (χ3n) is 3.44. The molecule has 1 aliphatic rings. The Balaban J connectivity index is 0.00000324. The molecule has 0 amide bonds. The number of carbonyl (C=O) groups excluding carboxylic acids is 1. The van der Waals surface area contributed by atoms with Crippen molar-refractivity contribution in [3.8, 4) is 0 Å². The van der Waals surface area contributed by atoms with Crippen molar-refractivity contribution < 1.29 is 9.53 Å². The lowest BCUT2D eigenvalue weighted by Crippen LogP contribution is -2.41. The molecule has 1 saturated heterocycles. The van der Waals surface area contributed by atoms with Gasteiger partial charge in [-0.25, -0.2) is 0 Å². The summed E-state index contributed by atoms with van der Waals surface area (Å²) in [6.45, 7) is 6.72. The number of halogens is 1. The number of unbranched alkanes of at least 4 members (excludes halogenated alkanes) is 1. The number of aliphatic imine (C=N–C) groups is 1. The van der Waals surface area contributed by atoms with Crippen molar-refractivity contribution in [2.45, 2.75) is 26.7 Å². The fourth-order valence-corrected chi connectivity index (χ4v) is 2.31. The number of carbonyl (C=O) groups is 1. The molecule has 0 aromatic carbocycles. The van der Waals surface area contributed by atoms with Crippen LogP contribution in [-0.2, 0) is 9.53 Å². The Morgan fingerprint density at radius 3 is 2.68 bits per heavy atom. The highest BCUT2D eigenvalue weighted by atomic mass is 127. The van der Waals surface area contributed by atoms with Crippen LogP contribution in [0.5, 0.6) is 0 Å². The van der Waals surface area contributed by atoms with E-state index in [2.05, 4.69) is 29.1 Å². The lowest BCUT2D eigenvalue weighted by atomic mass is 9.99. The third-order valence-corrected chi connectivity index (χ3v) is 3.44. The minimum atomic E-state index is -0.117. The maximum atomic E-state index is 11.6. The highest BCUT2D eigenvalue weighted by Crippen LogP contribution is 2.23. The summed E-state index contributed by atoms with van der Waals surface area (Å²) in [5.74, 6) is 1.04. The molecule has 1 N–H and O–H groups in total. The van der Waals surface area contributed by atoms with E-state index in [-0.39, 0.29) is 35.9 Å². The van der Waals surface area contributed by atoms with Crippen LogP contribution in [0, 0.1) is 11.8 Å². The molecular formula is C13H26IN3O2. The Kier molecular flexibility index (Phi) is 9.12. The summed E-state index contributed by atoms with van der Waals surface area (Å²) in [5.41, 5.74) is 0. The van der Waals surface area contributed by atoms with E-state index in [0.717, 1.165) is 31.9 Å². The van der Waals surface area contributed by atoms with Gasteiger partial charge in [0, 0.05) is 26.7 Å². The molecule has 19 heavy (non-hydrogen) atoms. The summed E-state index contributed by atoms with van der Waals surface area (Å²) in [7, 11) is 3.23. The molecule has 112 valence electrons. The first-order valence-electron chi connectivity index (χ1n) is 6.67. The lowest BCUT2D eigenvalue weighted by molar-refractivity contribution is -0.145. The number of ether oxygens (including phenoxy) is 1. The Morgan fingerprint density at radius 1 is 1.47 bits per heavy atom. The number of guanidine groups is 1. The molecule has 2 atom stereocenters. The molecule has 0 radical (unpaired) electrons. The van der Waals surface area contributed by atoms with Crippen molar-refractivity contribution in [3.05, 3.63) is 0 Å². The average molecular weight is 383 g/mol. The summed E-state index contributed by atoms with van der Waals surface area (Å²) in [6, 6.07) is 0. The minimum Gasteiger partial charge on any atom is -0.469 e. The van der Waals surface area contributed by atoms with Crippen LogP contribution in [-0.4, -0.2) is 50.6 Å². The zero-order valence-electron chi connectivity index (χ0n) is 12.3. The van der Waals surface area contributed by atoms with E-state index in [4.69, 9.17) is 4.74 Å². The van der Waals surface area contributed by atoms with E-state index < -0.39 is 0 Å². The van der Waals surface area contributed by atoms with E-state index in [1.807, 2.05) is 0 Å². The lowest BCUT2D eigenvalue weighted by Gasteiger charge is -2.21. The van der Waals surface area contributed by atoms with Crippen molar-refractivity contribution in [1.29, 1.82) is 0 Å². The normalized spacial score (nSPS) is 22.9. The smallest absolute Gasteiger partial charge is 0.310 e. The second-order valence-corrected chi connectivity index (χ2v) is 4.84. The zero-order valence-corrected chi connectivity index (χ0v) is 14.6. The average Bonchev–Trinajstić information content (AvgIpc) is 2.76. The van der Waals surface area contributed by atoms with Crippen LogP contribution in [0.1, 0.15) is 26.7 Å². The van der Waals surface area contributed by atoms with Crippen LogP contribution < -0.4 is 5.32 Å². The molecule has 0 saturated carbocycles. The predicted molar refractivity (Wildman–Crippen MR) is 87.9 cm³/mol. The number of hydrogen-bond acceptors (Lipinski definition) is 3. The van der Waals surface area contributed by atoms with Crippen LogP contribution in [0.25, 0.3) is 0 Å². The van der Waals surface area contributed by atoms with Gasteiger partial charge in [-0.3, -0.25) is 9.79 Å². The molecule has 0 aliphatic carbocycles. The summed E-state index contributed by atoms with van der Waals surface area (Å²) in [6.07, 6.45) is 2.29. The van der Waals surface area contributed by atoms with Crippen molar-refractivity contribution in [1.82, 2.24) is 10.2 Å². The van der Waals surface area contributed by atoms with Gasteiger partial charge >= 0.3 is 5.97 Å². The monoisotopic (exact) mass is 383 g/mol. The molecule has 5 nitrogen and oxygen atoms in total. The number of rotatable bonds is 4. The van der Waals surface area contributed by atoms with E-state index in [1.165, 1.54) is 7.11 Å². The van der Waals surface area contributed by atoms with Crippen LogP contribution in [0.15, 0.2) is 4.99 Å². The molecule has 0 spiro atoms. The fourth-order valence-electron chi connectivity index (χ4n) is 2.31. The Morgan fingerprint density at radius 2 is 2.16 bits per heavy atom. The first kappa shape index (κ1) is 18.5. The van der Waals surface area contributed by atoms with E-state index in [9.17, 15) is 4.79 Å². The highest BCUT2D eigenvalue weighted by molar-refractivity contribution is 14.0. The minimum absolute atomic E-state index is 0. The summed E-state index contributed by atoms with van der Waals surface area (Å²) >= 11 is 0. The number of methoxy groups -OCH3 is 1. The standard InChI is InChI=1S/C13H25N3O2.HI/c1-5-6-7-15-13(14-3)16-8-10(2)11(9-16)12(17)18-4;/h10-11H,5-9H2,1-4H3,(H,14,15);1H. The van der Waals surface area contributed by atoms with Crippen molar-refractivity contribution in [2.75, 3.05) is 33.8 Å². The van der Waals surface area contributed by atoms with Gasteiger partial charge in [0.25, 0.3) is 0 Å². The molecule has 2 unspecified atom stereocenters. The first-order chi connectivity index (χ1) is 8.63. The van der Waals surface area contributed by atoms with Gasteiger partial charge in [-0.15, -0.1) is 24.0 Å². The van der Waals surface area contributed by atoms with Gasteiger partial charge in [0.1, 0.15) is 0 Å². The largest absolute Gasteiger partial charge is 0.469 e. The van der Waals surface area contributed by atoms with Crippen molar-refractivity contribution >= 4 is 35.9 Å².